The van der Waals surface area contributed by atoms with Crippen LogP contribution in [0.2, 0.25) is 0 Å². The monoisotopic (exact) mass is 392 g/mol. The number of cyclic esters (lactones) is 1. The maximum Gasteiger partial charge on any atom is 0.339 e. The molecule has 0 unspecified atom stereocenters. The largest absolute Gasteiger partial charge is 0.493 e. The summed E-state index contributed by atoms with van der Waals surface area (Å²) in [5.41, 5.74) is 2.82. The minimum Gasteiger partial charge on any atom is -0.493 e. The van der Waals surface area contributed by atoms with E-state index >= 15 is 0 Å². The number of hydrogen-bond acceptors (Lipinski definition) is 6. The van der Waals surface area contributed by atoms with E-state index in [0.29, 0.717) is 22.9 Å². The van der Waals surface area contributed by atoms with Crippen molar-refractivity contribution >= 4 is 28.5 Å². The Balaban J connectivity index is 1.98. The van der Waals surface area contributed by atoms with Crippen LogP contribution in [0, 0.1) is 0 Å². The van der Waals surface area contributed by atoms with Crippen LogP contribution >= 0.6 is 0 Å². The van der Waals surface area contributed by atoms with E-state index in [0.717, 1.165) is 27.5 Å². The molecule has 29 heavy (non-hydrogen) atoms. The van der Waals surface area contributed by atoms with E-state index in [9.17, 15) is 9.59 Å². The van der Waals surface area contributed by atoms with E-state index in [4.69, 9.17) is 14.2 Å². The van der Waals surface area contributed by atoms with Gasteiger partial charge in [0, 0.05) is 36.9 Å². The van der Waals surface area contributed by atoms with Crippen LogP contribution in [0.3, 0.4) is 0 Å². The Kier molecular flexibility index (Phi) is 4.58. The molecule has 2 aromatic carbocycles. The first-order valence-electron chi connectivity index (χ1n) is 9.04. The molecule has 0 saturated heterocycles. The van der Waals surface area contributed by atoms with E-state index in [2.05, 4.69) is 4.98 Å². The Hall–Kier alpha value is -3.61. The van der Waals surface area contributed by atoms with Gasteiger partial charge >= 0.3 is 5.97 Å². The van der Waals surface area contributed by atoms with Gasteiger partial charge in [0.2, 0.25) is 5.91 Å². The van der Waals surface area contributed by atoms with E-state index in [1.807, 2.05) is 24.3 Å². The number of benzene rings is 2. The highest BCUT2D eigenvalue weighted by atomic mass is 16.5. The Morgan fingerprint density at radius 3 is 2.45 bits per heavy atom. The Morgan fingerprint density at radius 1 is 1.10 bits per heavy atom. The number of ether oxygens (including phenoxy) is 3. The minimum atomic E-state index is -0.364. The lowest BCUT2D eigenvalue weighted by molar-refractivity contribution is -0.116. The van der Waals surface area contributed by atoms with Crippen LogP contribution in [0.4, 0.5) is 5.82 Å². The molecule has 3 aromatic rings. The second-order valence-corrected chi connectivity index (χ2v) is 6.77. The van der Waals surface area contributed by atoms with Gasteiger partial charge in [-0.2, -0.15) is 0 Å². The molecule has 0 saturated carbocycles. The predicted molar refractivity (Wildman–Crippen MR) is 108 cm³/mol. The first-order valence-corrected chi connectivity index (χ1v) is 9.04. The number of amides is 1. The molecular weight excluding hydrogens is 372 g/mol. The molecule has 0 aliphatic carbocycles. The average Bonchev–Trinajstić information content (AvgIpc) is 3.10. The van der Waals surface area contributed by atoms with E-state index in [-0.39, 0.29) is 18.5 Å². The molecule has 148 valence electrons. The lowest BCUT2D eigenvalue weighted by Crippen LogP contribution is -2.23. The molecule has 0 spiro atoms. The fourth-order valence-corrected chi connectivity index (χ4v) is 3.54. The standard InChI is InChI=1S/C22H20N2O5/c1-12(25)24(2)19-6-5-13(10-23-19)20-16-9-18(28-4)17(27-3)8-14(16)7-15-11-29-22(26)21(15)20/h5-10H,11H2,1-4H3. The van der Waals surface area contributed by atoms with Crippen LogP contribution in [-0.2, 0) is 16.1 Å². The molecule has 0 bridgehead atoms. The summed E-state index contributed by atoms with van der Waals surface area (Å²) in [4.78, 5) is 30.0. The summed E-state index contributed by atoms with van der Waals surface area (Å²) < 4.78 is 16.2. The molecule has 1 aromatic heterocycles. The number of fused-ring (bicyclic) bond motifs is 2. The molecule has 7 heteroatoms. The van der Waals surface area contributed by atoms with Gasteiger partial charge in [-0.25, -0.2) is 9.78 Å². The third-order valence-electron chi connectivity index (χ3n) is 5.14. The quantitative estimate of drug-likeness (QED) is 0.632. The lowest BCUT2D eigenvalue weighted by Gasteiger charge is -2.16. The van der Waals surface area contributed by atoms with Gasteiger partial charge in [-0.15, -0.1) is 0 Å². The first-order chi connectivity index (χ1) is 13.9. The Labute approximate surface area is 167 Å². The van der Waals surface area contributed by atoms with Crippen molar-refractivity contribution in [3.8, 4) is 22.6 Å². The minimum absolute atomic E-state index is 0.114. The van der Waals surface area contributed by atoms with Crippen molar-refractivity contribution in [1.82, 2.24) is 4.98 Å². The number of nitrogens with zero attached hydrogens (tertiary/aromatic N) is 2. The zero-order valence-electron chi connectivity index (χ0n) is 16.6. The third-order valence-corrected chi connectivity index (χ3v) is 5.14. The maximum atomic E-state index is 12.5. The average molecular weight is 392 g/mol. The van der Waals surface area contributed by atoms with Gasteiger partial charge in [-0.3, -0.25) is 4.79 Å². The fraction of sp³-hybridized carbons (Fsp3) is 0.227. The number of carbonyl (C=O) groups is 2. The molecular formula is C22H20N2O5. The van der Waals surface area contributed by atoms with Crippen LogP contribution in [-0.4, -0.2) is 38.1 Å². The van der Waals surface area contributed by atoms with Gasteiger partial charge in [0.15, 0.2) is 11.5 Å². The summed E-state index contributed by atoms with van der Waals surface area (Å²) in [5.74, 6) is 1.22. The number of pyridine rings is 1. The molecule has 1 aliphatic heterocycles. The summed E-state index contributed by atoms with van der Waals surface area (Å²) >= 11 is 0. The van der Waals surface area contributed by atoms with Gasteiger partial charge < -0.3 is 19.1 Å². The van der Waals surface area contributed by atoms with Gasteiger partial charge in [0.25, 0.3) is 0 Å². The summed E-state index contributed by atoms with van der Waals surface area (Å²) in [5, 5.41) is 1.73. The normalized spacial score (nSPS) is 12.5. The fourth-order valence-electron chi connectivity index (χ4n) is 3.54. The van der Waals surface area contributed by atoms with E-state index < -0.39 is 0 Å². The Bertz CT molecular complexity index is 1140. The lowest BCUT2D eigenvalue weighted by atomic mass is 9.91. The van der Waals surface area contributed by atoms with Crippen molar-refractivity contribution in [1.29, 1.82) is 0 Å². The van der Waals surface area contributed by atoms with Crippen molar-refractivity contribution < 1.29 is 23.8 Å². The maximum absolute atomic E-state index is 12.5. The van der Waals surface area contributed by atoms with Crippen LogP contribution < -0.4 is 14.4 Å². The molecule has 2 heterocycles. The molecule has 1 amide bonds. The molecule has 0 radical (unpaired) electrons. The summed E-state index contributed by atoms with van der Waals surface area (Å²) in [6, 6.07) is 9.27. The Morgan fingerprint density at radius 2 is 1.83 bits per heavy atom. The number of carbonyl (C=O) groups excluding carboxylic acids is 2. The molecule has 4 rings (SSSR count). The molecule has 0 fully saturated rings. The topological polar surface area (TPSA) is 78.0 Å². The molecule has 7 nitrogen and oxygen atoms in total. The van der Waals surface area contributed by atoms with Gasteiger partial charge in [0.05, 0.1) is 19.8 Å². The second kappa shape index (κ2) is 7.09. The molecule has 0 atom stereocenters. The number of hydrogen-bond donors (Lipinski definition) is 0. The summed E-state index contributed by atoms with van der Waals surface area (Å²) in [7, 11) is 4.81. The third kappa shape index (κ3) is 3.04. The zero-order valence-corrected chi connectivity index (χ0v) is 16.6. The summed E-state index contributed by atoms with van der Waals surface area (Å²) in [6.45, 7) is 1.70. The predicted octanol–water partition coefficient (Wildman–Crippen LogP) is 3.57. The second-order valence-electron chi connectivity index (χ2n) is 6.77. The highest BCUT2D eigenvalue weighted by Crippen LogP contribution is 2.42. The highest BCUT2D eigenvalue weighted by molar-refractivity contribution is 6.11. The van der Waals surface area contributed by atoms with Crippen molar-refractivity contribution in [2.75, 3.05) is 26.2 Å². The van der Waals surface area contributed by atoms with Crippen LogP contribution in [0.25, 0.3) is 21.9 Å². The SMILES string of the molecule is COc1cc2cc3c(c(-c4ccc(N(C)C(C)=O)nc4)c2cc1OC)C(=O)OC3. The van der Waals surface area contributed by atoms with Crippen LogP contribution in [0.5, 0.6) is 11.5 Å². The van der Waals surface area contributed by atoms with E-state index in [1.54, 1.807) is 33.5 Å². The van der Waals surface area contributed by atoms with Crippen molar-refractivity contribution in [3.05, 3.63) is 47.7 Å². The smallest absolute Gasteiger partial charge is 0.339 e. The number of aromatic nitrogens is 1. The van der Waals surface area contributed by atoms with Gasteiger partial charge in [-0.05, 0) is 41.1 Å². The number of methoxy groups -OCH3 is 2. The van der Waals surface area contributed by atoms with Gasteiger partial charge in [0.1, 0.15) is 12.4 Å². The number of rotatable bonds is 4. The molecule has 0 N–H and O–H groups in total. The van der Waals surface area contributed by atoms with Gasteiger partial charge in [-0.1, -0.05) is 0 Å². The number of anilines is 1. The van der Waals surface area contributed by atoms with Crippen molar-refractivity contribution in [2.24, 2.45) is 0 Å². The number of esters is 1. The summed E-state index contributed by atoms with van der Waals surface area (Å²) in [6.07, 6.45) is 1.66. The highest BCUT2D eigenvalue weighted by Gasteiger charge is 2.28. The first kappa shape index (κ1) is 18.7. The zero-order chi connectivity index (χ0) is 20.7. The van der Waals surface area contributed by atoms with Crippen LogP contribution in [0.15, 0.2) is 36.5 Å². The molecule has 1 aliphatic rings. The van der Waals surface area contributed by atoms with Crippen molar-refractivity contribution in [2.45, 2.75) is 13.5 Å². The van der Waals surface area contributed by atoms with Crippen molar-refractivity contribution in [3.63, 3.8) is 0 Å². The van der Waals surface area contributed by atoms with Crippen LogP contribution in [0.1, 0.15) is 22.8 Å². The van der Waals surface area contributed by atoms with E-state index in [1.165, 1.54) is 11.8 Å².